The van der Waals surface area contributed by atoms with E-state index in [0.717, 1.165) is 37.4 Å². The Balaban J connectivity index is 1.47. The molecule has 2 fully saturated rings. The molecule has 3 rings (SSSR count). The van der Waals surface area contributed by atoms with Crippen molar-refractivity contribution in [1.82, 2.24) is 10.2 Å². The van der Waals surface area contributed by atoms with Gasteiger partial charge in [-0.2, -0.15) is 0 Å². The van der Waals surface area contributed by atoms with Crippen LogP contribution in [0.25, 0.3) is 0 Å². The number of amides is 2. The van der Waals surface area contributed by atoms with Gasteiger partial charge in [-0.3, -0.25) is 4.79 Å². The minimum atomic E-state index is -0.813. The zero-order chi connectivity index (χ0) is 18.5. The van der Waals surface area contributed by atoms with Crippen LogP contribution in [-0.4, -0.2) is 61.8 Å². The molecule has 2 amide bonds. The van der Waals surface area contributed by atoms with Crippen LogP contribution >= 0.6 is 0 Å². The Kier molecular flexibility index (Phi) is 5.85. The number of carbonyl (C=O) groups excluding carboxylic acids is 1. The number of nitrogens with zero attached hydrogens (tertiary/aromatic N) is 2. The molecule has 2 heterocycles. The van der Waals surface area contributed by atoms with Crippen LogP contribution in [0.3, 0.4) is 0 Å². The third-order valence-corrected chi connectivity index (χ3v) is 5.30. The first-order valence-electron chi connectivity index (χ1n) is 9.21. The molecule has 0 saturated carbocycles. The van der Waals surface area contributed by atoms with Crippen LogP contribution in [0.1, 0.15) is 19.3 Å². The molecule has 1 aromatic carbocycles. The number of nitrogens with one attached hydrogen (secondary N) is 1. The monoisotopic (exact) mass is 361 g/mol. The lowest BCUT2D eigenvalue weighted by atomic mass is 9.99. The van der Waals surface area contributed by atoms with Gasteiger partial charge in [0, 0.05) is 44.5 Å². The lowest BCUT2D eigenvalue weighted by Crippen LogP contribution is -2.48. The summed E-state index contributed by atoms with van der Waals surface area (Å²) >= 11 is 0. The summed E-state index contributed by atoms with van der Waals surface area (Å²) in [6, 6.07) is 7.87. The van der Waals surface area contributed by atoms with Crippen molar-refractivity contribution in [3.8, 4) is 5.75 Å². The molecule has 2 aliphatic heterocycles. The highest BCUT2D eigenvalue weighted by atomic mass is 16.5. The Morgan fingerprint density at radius 1 is 1.27 bits per heavy atom. The number of aliphatic carboxylic acids is 1. The maximum Gasteiger partial charge on any atom is 0.317 e. The summed E-state index contributed by atoms with van der Waals surface area (Å²) in [4.78, 5) is 27.4. The summed E-state index contributed by atoms with van der Waals surface area (Å²) in [7, 11) is 1.66. The number of carboxylic acids is 1. The molecule has 0 bridgehead atoms. The number of methoxy groups -OCH3 is 1. The normalized spacial score (nSPS) is 23.0. The number of ether oxygens (including phenoxy) is 1. The van der Waals surface area contributed by atoms with Crippen LogP contribution in [0.15, 0.2) is 24.3 Å². The Morgan fingerprint density at radius 3 is 2.88 bits per heavy atom. The van der Waals surface area contributed by atoms with E-state index < -0.39 is 11.9 Å². The van der Waals surface area contributed by atoms with Crippen LogP contribution in [-0.2, 0) is 4.79 Å². The highest BCUT2D eigenvalue weighted by molar-refractivity contribution is 5.76. The molecular formula is C19H27N3O4. The molecule has 2 N–H and O–H groups in total. The third-order valence-electron chi connectivity index (χ3n) is 5.30. The van der Waals surface area contributed by atoms with Gasteiger partial charge in [0.15, 0.2) is 0 Å². The number of hydrogen-bond donors (Lipinski definition) is 2. The van der Waals surface area contributed by atoms with Crippen LogP contribution in [0, 0.1) is 11.8 Å². The maximum atomic E-state index is 12.3. The van der Waals surface area contributed by atoms with Crippen molar-refractivity contribution in [2.45, 2.75) is 19.3 Å². The van der Waals surface area contributed by atoms with E-state index in [1.807, 2.05) is 18.2 Å². The smallest absolute Gasteiger partial charge is 0.317 e. The van der Waals surface area contributed by atoms with Crippen LogP contribution < -0.4 is 15.0 Å². The molecule has 7 nitrogen and oxygen atoms in total. The van der Waals surface area contributed by atoms with Gasteiger partial charge in [0.2, 0.25) is 0 Å². The first-order valence-corrected chi connectivity index (χ1v) is 9.21. The standard InChI is InChI=1S/C19H27N3O4/c1-26-17-6-2-5-16(10-17)21-9-7-14(12-21)11-20-19(25)22-8-3-4-15(13-22)18(23)24/h2,5-6,10,14-15H,3-4,7-9,11-13H2,1H3,(H,20,25)(H,23,24). The molecule has 2 unspecified atom stereocenters. The van der Waals surface area contributed by atoms with Crippen molar-refractivity contribution >= 4 is 17.7 Å². The predicted octanol–water partition coefficient (Wildman–Crippen LogP) is 2.03. The number of urea groups is 1. The second-order valence-corrected chi connectivity index (χ2v) is 7.11. The zero-order valence-corrected chi connectivity index (χ0v) is 15.2. The molecule has 0 aromatic heterocycles. The number of rotatable bonds is 5. The number of carbonyl (C=O) groups is 2. The van der Waals surface area contributed by atoms with Gasteiger partial charge in [0.05, 0.1) is 13.0 Å². The zero-order valence-electron chi connectivity index (χ0n) is 15.2. The van der Waals surface area contributed by atoms with Gasteiger partial charge < -0.3 is 25.0 Å². The molecule has 0 spiro atoms. The topological polar surface area (TPSA) is 82.1 Å². The van der Waals surface area contributed by atoms with E-state index in [9.17, 15) is 9.59 Å². The van der Waals surface area contributed by atoms with Gasteiger partial charge in [-0.15, -0.1) is 0 Å². The quantitative estimate of drug-likeness (QED) is 0.839. The first kappa shape index (κ1) is 18.4. The van der Waals surface area contributed by atoms with E-state index >= 15 is 0 Å². The fraction of sp³-hybridized carbons (Fsp3) is 0.579. The highest BCUT2D eigenvalue weighted by Gasteiger charge is 2.29. The number of anilines is 1. The molecule has 142 valence electrons. The minimum absolute atomic E-state index is 0.143. The molecule has 26 heavy (non-hydrogen) atoms. The number of piperidine rings is 1. The van der Waals surface area contributed by atoms with Crippen LogP contribution in [0.4, 0.5) is 10.5 Å². The van der Waals surface area contributed by atoms with Crippen LogP contribution in [0.5, 0.6) is 5.75 Å². The Bertz CT molecular complexity index is 651. The second-order valence-electron chi connectivity index (χ2n) is 7.11. The molecule has 2 aliphatic rings. The first-order chi connectivity index (χ1) is 12.6. The molecule has 1 aromatic rings. The maximum absolute atomic E-state index is 12.3. The van der Waals surface area contributed by atoms with E-state index in [4.69, 9.17) is 9.84 Å². The summed E-state index contributed by atoms with van der Waals surface area (Å²) in [6.07, 6.45) is 2.42. The van der Waals surface area contributed by atoms with E-state index in [1.54, 1.807) is 12.0 Å². The Hall–Kier alpha value is -2.44. The molecule has 2 atom stereocenters. The Morgan fingerprint density at radius 2 is 2.12 bits per heavy atom. The fourth-order valence-corrected chi connectivity index (χ4v) is 3.75. The third kappa shape index (κ3) is 4.39. The van der Waals surface area contributed by atoms with E-state index in [-0.39, 0.29) is 6.03 Å². The molecule has 0 aliphatic carbocycles. The summed E-state index contributed by atoms with van der Waals surface area (Å²) in [5, 5.41) is 12.1. The van der Waals surface area contributed by atoms with Gasteiger partial charge in [-0.25, -0.2) is 4.79 Å². The van der Waals surface area contributed by atoms with Gasteiger partial charge >= 0.3 is 12.0 Å². The van der Waals surface area contributed by atoms with Crippen molar-refractivity contribution in [2.24, 2.45) is 11.8 Å². The van der Waals surface area contributed by atoms with E-state index in [1.165, 1.54) is 0 Å². The second kappa shape index (κ2) is 8.29. The highest BCUT2D eigenvalue weighted by Crippen LogP contribution is 2.26. The number of benzene rings is 1. The molecule has 7 heteroatoms. The largest absolute Gasteiger partial charge is 0.497 e. The van der Waals surface area contributed by atoms with Crippen molar-refractivity contribution < 1.29 is 19.4 Å². The summed E-state index contributed by atoms with van der Waals surface area (Å²) in [6.45, 7) is 3.41. The fourth-order valence-electron chi connectivity index (χ4n) is 3.75. The average molecular weight is 361 g/mol. The molecule has 2 saturated heterocycles. The molecule has 0 radical (unpaired) electrons. The van der Waals surface area contributed by atoms with Crippen LogP contribution in [0.2, 0.25) is 0 Å². The number of hydrogen-bond acceptors (Lipinski definition) is 4. The summed E-state index contributed by atoms with van der Waals surface area (Å²) in [5.41, 5.74) is 1.14. The summed E-state index contributed by atoms with van der Waals surface area (Å²) in [5.74, 6) is -0.0145. The Labute approximate surface area is 153 Å². The predicted molar refractivity (Wildman–Crippen MR) is 98.6 cm³/mol. The minimum Gasteiger partial charge on any atom is -0.497 e. The summed E-state index contributed by atoms with van der Waals surface area (Å²) < 4.78 is 5.28. The SMILES string of the molecule is COc1cccc(N2CCC(CNC(=O)N3CCCC(C(=O)O)C3)C2)c1. The lowest BCUT2D eigenvalue weighted by molar-refractivity contribution is -0.143. The molecular weight excluding hydrogens is 334 g/mol. The van der Waals surface area contributed by atoms with Crippen molar-refractivity contribution in [2.75, 3.05) is 44.7 Å². The van der Waals surface area contributed by atoms with Crippen molar-refractivity contribution in [3.05, 3.63) is 24.3 Å². The van der Waals surface area contributed by atoms with Gasteiger partial charge in [0.1, 0.15) is 5.75 Å². The van der Waals surface area contributed by atoms with Gasteiger partial charge in [0.25, 0.3) is 0 Å². The number of likely N-dealkylation sites (tertiary alicyclic amines) is 1. The number of carboxylic acid groups (broad SMARTS) is 1. The van der Waals surface area contributed by atoms with E-state index in [0.29, 0.717) is 32.0 Å². The van der Waals surface area contributed by atoms with Gasteiger partial charge in [-0.1, -0.05) is 6.07 Å². The van der Waals surface area contributed by atoms with Gasteiger partial charge in [-0.05, 0) is 37.3 Å². The van der Waals surface area contributed by atoms with Crippen molar-refractivity contribution in [3.63, 3.8) is 0 Å². The lowest BCUT2D eigenvalue weighted by Gasteiger charge is -2.31. The van der Waals surface area contributed by atoms with Crippen molar-refractivity contribution in [1.29, 1.82) is 0 Å². The van der Waals surface area contributed by atoms with E-state index in [2.05, 4.69) is 16.3 Å². The average Bonchev–Trinajstić information content (AvgIpc) is 3.15.